The zero-order chi connectivity index (χ0) is 17.2. The summed E-state index contributed by atoms with van der Waals surface area (Å²) in [6.07, 6.45) is 2.83. The minimum absolute atomic E-state index is 0.370. The Hall–Kier alpha value is -1.59. The van der Waals surface area contributed by atoms with E-state index in [2.05, 4.69) is 36.1 Å². The van der Waals surface area contributed by atoms with Crippen LogP contribution in [-0.2, 0) is 11.3 Å². The highest BCUT2D eigenvalue weighted by Gasteiger charge is 2.62. The second kappa shape index (κ2) is 6.73. The van der Waals surface area contributed by atoms with E-state index in [4.69, 9.17) is 4.74 Å². The van der Waals surface area contributed by atoms with Crippen molar-refractivity contribution in [2.24, 2.45) is 0 Å². The van der Waals surface area contributed by atoms with Crippen LogP contribution in [0.4, 0.5) is 4.79 Å². The SMILES string of the molecule is CCCCN1C(=O)OC2(CCN(Cc3ccccc3)CC2)C1(C)O. The van der Waals surface area contributed by atoms with Gasteiger partial charge in [0, 0.05) is 39.0 Å². The Balaban J connectivity index is 1.65. The van der Waals surface area contributed by atoms with E-state index in [0.717, 1.165) is 32.5 Å². The zero-order valence-electron chi connectivity index (χ0n) is 14.7. The van der Waals surface area contributed by atoms with Gasteiger partial charge in [-0.3, -0.25) is 9.80 Å². The third-order valence-corrected chi connectivity index (χ3v) is 5.54. The zero-order valence-corrected chi connectivity index (χ0v) is 14.7. The van der Waals surface area contributed by atoms with Crippen molar-refractivity contribution in [2.75, 3.05) is 19.6 Å². The smallest absolute Gasteiger partial charge is 0.412 e. The molecule has 0 aromatic heterocycles. The van der Waals surface area contributed by atoms with Crippen LogP contribution in [0.2, 0.25) is 0 Å². The van der Waals surface area contributed by atoms with Crippen LogP contribution in [0.25, 0.3) is 0 Å². The van der Waals surface area contributed by atoms with Gasteiger partial charge in [-0.2, -0.15) is 0 Å². The lowest BCUT2D eigenvalue weighted by atomic mass is 9.82. The summed E-state index contributed by atoms with van der Waals surface area (Å²) in [6, 6.07) is 10.4. The first-order valence-corrected chi connectivity index (χ1v) is 8.98. The first-order valence-electron chi connectivity index (χ1n) is 8.98. The molecule has 2 aliphatic heterocycles. The molecule has 1 aromatic carbocycles. The molecule has 5 heteroatoms. The number of rotatable bonds is 5. The highest BCUT2D eigenvalue weighted by Crippen LogP contribution is 2.44. The summed E-state index contributed by atoms with van der Waals surface area (Å²) in [7, 11) is 0. The normalized spacial score (nSPS) is 26.8. The molecule has 2 heterocycles. The van der Waals surface area contributed by atoms with Gasteiger partial charge < -0.3 is 9.84 Å². The first-order chi connectivity index (χ1) is 11.5. The van der Waals surface area contributed by atoms with Gasteiger partial charge in [0.2, 0.25) is 0 Å². The second-order valence-corrected chi connectivity index (χ2v) is 7.15. The Morgan fingerprint density at radius 3 is 2.50 bits per heavy atom. The summed E-state index contributed by atoms with van der Waals surface area (Å²) in [6.45, 7) is 6.90. The average Bonchev–Trinajstić information content (AvgIpc) is 2.75. The van der Waals surface area contributed by atoms with E-state index in [1.54, 1.807) is 6.92 Å². The molecule has 132 valence electrons. The fraction of sp³-hybridized carbons (Fsp3) is 0.632. The minimum Gasteiger partial charge on any atom is -0.437 e. The summed E-state index contributed by atoms with van der Waals surface area (Å²) in [5, 5.41) is 11.1. The molecule has 2 fully saturated rings. The Kier molecular flexibility index (Phi) is 4.83. The number of piperidine rings is 1. The summed E-state index contributed by atoms with van der Waals surface area (Å²) in [5.74, 6) is 0. The molecule has 3 rings (SSSR count). The number of amides is 1. The van der Waals surface area contributed by atoms with Crippen molar-refractivity contribution < 1.29 is 14.6 Å². The van der Waals surface area contributed by atoms with Crippen molar-refractivity contribution >= 4 is 6.09 Å². The van der Waals surface area contributed by atoms with E-state index in [-0.39, 0.29) is 6.09 Å². The number of unbranched alkanes of at least 4 members (excludes halogenated alkanes) is 1. The average molecular weight is 332 g/mol. The molecule has 1 N–H and O–H groups in total. The molecular weight excluding hydrogens is 304 g/mol. The molecule has 1 amide bonds. The minimum atomic E-state index is -1.22. The van der Waals surface area contributed by atoms with Gasteiger partial charge in [-0.25, -0.2) is 4.79 Å². The van der Waals surface area contributed by atoms with Gasteiger partial charge in [0.25, 0.3) is 0 Å². The van der Waals surface area contributed by atoms with Crippen LogP contribution in [0.1, 0.15) is 45.1 Å². The number of carbonyl (C=O) groups excluding carboxylic acids is 1. The topological polar surface area (TPSA) is 53.0 Å². The predicted octanol–water partition coefficient (Wildman–Crippen LogP) is 2.98. The summed E-state index contributed by atoms with van der Waals surface area (Å²) >= 11 is 0. The van der Waals surface area contributed by atoms with Crippen molar-refractivity contribution in [3.8, 4) is 0 Å². The van der Waals surface area contributed by atoms with Gasteiger partial charge in [0.05, 0.1) is 0 Å². The number of ether oxygens (including phenoxy) is 1. The quantitative estimate of drug-likeness (QED) is 0.901. The van der Waals surface area contributed by atoms with Crippen LogP contribution in [0.3, 0.4) is 0 Å². The molecule has 0 radical (unpaired) electrons. The van der Waals surface area contributed by atoms with Crippen molar-refractivity contribution in [3.05, 3.63) is 35.9 Å². The molecule has 2 aliphatic rings. The van der Waals surface area contributed by atoms with Crippen LogP contribution in [-0.4, -0.2) is 52.0 Å². The number of hydrogen-bond donors (Lipinski definition) is 1. The number of benzene rings is 1. The molecule has 24 heavy (non-hydrogen) atoms. The number of nitrogens with zero attached hydrogens (tertiary/aromatic N) is 2. The Morgan fingerprint density at radius 2 is 1.88 bits per heavy atom. The summed E-state index contributed by atoms with van der Waals surface area (Å²) < 4.78 is 5.72. The number of carbonyl (C=O) groups is 1. The third-order valence-electron chi connectivity index (χ3n) is 5.54. The van der Waals surface area contributed by atoms with Crippen molar-refractivity contribution in [3.63, 3.8) is 0 Å². The molecule has 1 spiro atoms. The number of aliphatic hydroxyl groups is 1. The van der Waals surface area contributed by atoms with Gasteiger partial charge in [-0.15, -0.1) is 0 Å². The maximum Gasteiger partial charge on any atom is 0.412 e. The van der Waals surface area contributed by atoms with Crippen molar-refractivity contribution in [2.45, 2.75) is 57.4 Å². The fourth-order valence-corrected chi connectivity index (χ4v) is 3.86. The molecule has 1 aromatic rings. The standard InChI is InChI=1S/C19H28N2O3/c1-3-4-12-21-17(22)24-19(18(21,2)23)10-13-20(14-11-19)15-16-8-6-5-7-9-16/h5-9,23H,3-4,10-15H2,1-2H3. The molecule has 1 atom stereocenters. The second-order valence-electron chi connectivity index (χ2n) is 7.15. The van der Waals surface area contributed by atoms with Gasteiger partial charge >= 0.3 is 6.09 Å². The van der Waals surface area contributed by atoms with Crippen LogP contribution in [0.15, 0.2) is 30.3 Å². The third kappa shape index (κ3) is 3.03. The van der Waals surface area contributed by atoms with E-state index in [1.165, 1.54) is 10.5 Å². The van der Waals surface area contributed by atoms with E-state index in [0.29, 0.717) is 19.4 Å². The number of likely N-dealkylation sites (tertiary alicyclic amines) is 1. The molecule has 0 aliphatic carbocycles. The Bertz CT molecular complexity index is 565. The molecular formula is C19H28N2O3. The maximum atomic E-state index is 12.3. The first kappa shape index (κ1) is 17.2. The van der Waals surface area contributed by atoms with E-state index in [9.17, 15) is 9.90 Å². The predicted molar refractivity (Wildman–Crippen MR) is 92.4 cm³/mol. The monoisotopic (exact) mass is 332 g/mol. The molecule has 2 saturated heterocycles. The van der Waals surface area contributed by atoms with Crippen molar-refractivity contribution in [1.29, 1.82) is 0 Å². The Labute approximate surface area is 144 Å². The molecule has 5 nitrogen and oxygen atoms in total. The number of hydrogen-bond acceptors (Lipinski definition) is 4. The van der Waals surface area contributed by atoms with Crippen molar-refractivity contribution in [1.82, 2.24) is 9.80 Å². The molecule has 0 bridgehead atoms. The largest absolute Gasteiger partial charge is 0.437 e. The Morgan fingerprint density at radius 1 is 1.21 bits per heavy atom. The van der Waals surface area contributed by atoms with Crippen LogP contribution in [0, 0.1) is 0 Å². The fourth-order valence-electron chi connectivity index (χ4n) is 3.86. The van der Waals surface area contributed by atoms with Gasteiger partial charge in [-0.1, -0.05) is 43.7 Å². The van der Waals surface area contributed by atoms with E-state index < -0.39 is 11.3 Å². The highest BCUT2D eigenvalue weighted by molar-refractivity contribution is 5.72. The van der Waals surface area contributed by atoms with Gasteiger partial charge in [0.15, 0.2) is 11.3 Å². The summed E-state index contributed by atoms with van der Waals surface area (Å²) in [4.78, 5) is 16.1. The van der Waals surface area contributed by atoms with Crippen LogP contribution in [0.5, 0.6) is 0 Å². The molecule has 1 unspecified atom stereocenters. The van der Waals surface area contributed by atoms with Crippen LogP contribution >= 0.6 is 0 Å². The van der Waals surface area contributed by atoms with Crippen LogP contribution < -0.4 is 0 Å². The highest BCUT2D eigenvalue weighted by atomic mass is 16.6. The van der Waals surface area contributed by atoms with E-state index in [1.807, 2.05) is 6.07 Å². The molecule has 0 saturated carbocycles. The summed E-state index contributed by atoms with van der Waals surface area (Å²) in [5.41, 5.74) is -0.712. The lowest BCUT2D eigenvalue weighted by Crippen LogP contribution is -2.60. The maximum absolute atomic E-state index is 12.3. The van der Waals surface area contributed by atoms with Gasteiger partial charge in [0.1, 0.15) is 0 Å². The van der Waals surface area contributed by atoms with E-state index >= 15 is 0 Å². The van der Waals surface area contributed by atoms with Gasteiger partial charge in [-0.05, 0) is 18.9 Å². The lowest BCUT2D eigenvalue weighted by molar-refractivity contribution is -0.165. The lowest BCUT2D eigenvalue weighted by Gasteiger charge is -2.45.